The van der Waals surface area contributed by atoms with Crippen LogP contribution in [0.15, 0.2) is 12.3 Å². The van der Waals surface area contributed by atoms with E-state index < -0.39 is 12.1 Å². The third-order valence-corrected chi connectivity index (χ3v) is 6.22. The molecule has 2 aliphatic carbocycles. The molecule has 0 bridgehead atoms. The van der Waals surface area contributed by atoms with Crippen molar-refractivity contribution in [3.8, 4) is 0 Å². The van der Waals surface area contributed by atoms with Crippen LogP contribution in [0, 0.1) is 11.8 Å². The van der Waals surface area contributed by atoms with E-state index in [2.05, 4.69) is 26.1 Å². The second-order valence-corrected chi connectivity index (χ2v) is 8.83. The van der Waals surface area contributed by atoms with Crippen molar-refractivity contribution >= 4 is 11.9 Å². The summed E-state index contributed by atoms with van der Waals surface area (Å²) >= 11 is 0. The van der Waals surface area contributed by atoms with Gasteiger partial charge in [0.15, 0.2) is 0 Å². The molecule has 31 heavy (non-hydrogen) atoms. The molecule has 1 unspecified atom stereocenters. The van der Waals surface area contributed by atoms with E-state index in [9.17, 15) is 18.0 Å². The Morgan fingerprint density at radius 3 is 2.42 bits per heavy atom. The molecule has 0 spiro atoms. The Bertz CT molecular complexity index is 742. The zero-order chi connectivity index (χ0) is 22.4. The number of hydrogen-bond acceptors (Lipinski definition) is 4. The lowest BCUT2D eigenvalue weighted by Gasteiger charge is -2.29. The van der Waals surface area contributed by atoms with E-state index in [4.69, 9.17) is 9.90 Å². The van der Waals surface area contributed by atoms with E-state index in [1.165, 1.54) is 44.2 Å². The first-order valence-corrected chi connectivity index (χ1v) is 11.0. The molecule has 1 amide bonds. The van der Waals surface area contributed by atoms with Crippen LogP contribution in [0.4, 0.5) is 13.2 Å². The van der Waals surface area contributed by atoms with Gasteiger partial charge in [0, 0.05) is 44.8 Å². The van der Waals surface area contributed by atoms with Crippen molar-refractivity contribution in [2.24, 2.45) is 11.8 Å². The molecule has 1 atom stereocenters. The van der Waals surface area contributed by atoms with Gasteiger partial charge in [-0.15, -0.1) is 0 Å². The van der Waals surface area contributed by atoms with Gasteiger partial charge in [-0.25, -0.2) is 4.79 Å². The van der Waals surface area contributed by atoms with Crippen molar-refractivity contribution in [1.82, 2.24) is 20.0 Å². The number of nitrogens with zero attached hydrogens (tertiary/aromatic N) is 3. The number of carboxylic acid groups (broad SMARTS) is 1. The number of nitrogens with one attached hydrogen (secondary N) is 1. The van der Waals surface area contributed by atoms with Gasteiger partial charge in [0.25, 0.3) is 0 Å². The van der Waals surface area contributed by atoms with Crippen LogP contribution >= 0.6 is 0 Å². The van der Waals surface area contributed by atoms with Crippen LogP contribution in [0.5, 0.6) is 0 Å². The molecule has 2 heterocycles. The summed E-state index contributed by atoms with van der Waals surface area (Å²) in [5.74, 6) is -1.26. The molecule has 174 valence electrons. The first-order valence-electron chi connectivity index (χ1n) is 11.0. The monoisotopic (exact) mass is 444 g/mol. The smallest absolute Gasteiger partial charge is 0.475 e. The summed E-state index contributed by atoms with van der Waals surface area (Å²) in [5, 5.41) is 14.8. The molecule has 1 aromatic heterocycles. The lowest BCUT2D eigenvalue weighted by atomic mass is 10.0. The average Bonchev–Trinajstić information content (AvgIpc) is 3.20. The largest absolute Gasteiger partial charge is 0.490 e. The molecule has 3 aliphatic rings. The minimum absolute atomic E-state index is 0.249. The van der Waals surface area contributed by atoms with Gasteiger partial charge in [-0.2, -0.15) is 18.3 Å². The van der Waals surface area contributed by atoms with Crippen LogP contribution in [0.1, 0.15) is 57.1 Å². The van der Waals surface area contributed by atoms with Crippen molar-refractivity contribution in [2.45, 2.75) is 76.7 Å². The maximum absolute atomic E-state index is 11.9. The molecule has 0 aromatic carbocycles. The molecule has 2 N–H and O–H groups in total. The maximum atomic E-state index is 11.9. The summed E-state index contributed by atoms with van der Waals surface area (Å²) in [6, 6.07) is 2.92. The fraction of sp³-hybridized carbons (Fsp3) is 0.762. The Morgan fingerprint density at radius 2 is 1.81 bits per heavy atom. The fourth-order valence-electron chi connectivity index (χ4n) is 4.37. The molecule has 0 saturated heterocycles. The van der Waals surface area contributed by atoms with Crippen LogP contribution in [0.3, 0.4) is 0 Å². The minimum Gasteiger partial charge on any atom is -0.475 e. The Labute approximate surface area is 180 Å². The quantitative estimate of drug-likeness (QED) is 0.704. The summed E-state index contributed by atoms with van der Waals surface area (Å²) < 4.78 is 33.9. The molecule has 2 fully saturated rings. The first kappa shape index (κ1) is 23.6. The molecule has 0 radical (unpaired) electrons. The Hall–Kier alpha value is -2.10. The minimum atomic E-state index is -5.08. The van der Waals surface area contributed by atoms with Crippen LogP contribution in [0.2, 0.25) is 0 Å². The van der Waals surface area contributed by atoms with E-state index in [0.717, 1.165) is 45.1 Å². The summed E-state index contributed by atoms with van der Waals surface area (Å²) in [4.78, 5) is 23.5. The van der Waals surface area contributed by atoms with Crippen molar-refractivity contribution in [1.29, 1.82) is 0 Å². The van der Waals surface area contributed by atoms with Gasteiger partial charge in [-0.05, 0) is 50.0 Å². The molecule has 10 heteroatoms. The third kappa shape index (κ3) is 7.52. The number of alkyl halides is 3. The number of hydrogen-bond donors (Lipinski definition) is 2. The summed E-state index contributed by atoms with van der Waals surface area (Å²) in [7, 11) is 0. The summed E-state index contributed by atoms with van der Waals surface area (Å²) in [6.45, 7) is 3.98. The highest BCUT2D eigenvalue weighted by Gasteiger charge is 2.38. The van der Waals surface area contributed by atoms with Gasteiger partial charge in [0.1, 0.15) is 0 Å². The second-order valence-electron chi connectivity index (χ2n) is 8.83. The van der Waals surface area contributed by atoms with Gasteiger partial charge in [-0.1, -0.05) is 12.8 Å². The number of rotatable bonds is 6. The lowest BCUT2D eigenvalue weighted by molar-refractivity contribution is -0.192. The number of aromatic nitrogens is 2. The second kappa shape index (κ2) is 10.5. The number of carbonyl (C=O) groups is 2. The topological polar surface area (TPSA) is 87.5 Å². The average molecular weight is 444 g/mol. The van der Waals surface area contributed by atoms with Crippen LogP contribution < -0.4 is 5.32 Å². The van der Waals surface area contributed by atoms with Crippen LogP contribution in [0.25, 0.3) is 0 Å². The molecular formula is C21H31F3N4O3. The van der Waals surface area contributed by atoms with E-state index >= 15 is 0 Å². The Kier molecular flexibility index (Phi) is 7.96. The van der Waals surface area contributed by atoms with Gasteiger partial charge in [0.05, 0.1) is 5.69 Å². The van der Waals surface area contributed by atoms with Crippen molar-refractivity contribution in [3.05, 3.63) is 18.0 Å². The number of aliphatic carboxylic acids is 1. The highest BCUT2D eigenvalue weighted by atomic mass is 19.4. The van der Waals surface area contributed by atoms with Crippen molar-refractivity contribution < 1.29 is 27.9 Å². The standard InChI is InChI=1S/C19H30N4O.C2HF3O2/c24-19(11-15-5-6-15)20-9-7-16-12-22(17-3-1-2-4-17)14-18-8-10-21-23(18)13-16;3-2(4,5)1(6)7/h8,10,15-17H,1-7,9,11-14H2,(H,20,24);(H,6,7). The zero-order valence-corrected chi connectivity index (χ0v) is 17.6. The number of halogens is 3. The van der Waals surface area contributed by atoms with E-state index in [0.29, 0.717) is 11.8 Å². The predicted molar refractivity (Wildman–Crippen MR) is 107 cm³/mol. The van der Waals surface area contributed by atoms with E-state index in [1.54, 1.807) is 0 Å². The van der Waals surface area contributed by atoms with E-state index in [-0.39, 0.29) is 5.91 Å². The maximum Gasteiger partial charge on any atom is 0.490 e. The lowest BCUT2D eigenvalue weighted by Crippen LogP contribution is -2.37. The summed E-state index contributed by atoms with van der Waals surface area (Å²) in [6.07, 6.45) is 6.58. The van der Waals surface area contributed by atoms with Gasteiger partial charge in [-0.3, -0.25) is 14.4 Å². The molecular weight excluding hydrogens is 413 g/mol. The molecule has 1 aromatic rings. The molecule has 2 saturated carbocycles. The number of amides is 1. The van der Waals surface area contributed by atoms with Gasteiger partial charge in [0.2, 0.25) is 5.91 Å². The van der Waals surface area contributed by atoms with Gasteiger partial charge < -0.3 is 10.4 Å². The van der Waals surface area contributed by atoms with Crippen molar-refractivity contribution in [2.75, 3.05) is 13.1 Å². The Morgan fingerprint density at radius 1 is 1.13 bits per heavy atom. The molecule has 4 rings (SSSR count). The number of fused-ring (bicyclic) bond motifs is 1. The summed E-state index contributed by atoms with van der Waals surface area (Å²) in [5.41, 5.74) is 1.35. The number of carbonyl (C=O) groups excluding carboxylic acids is 1. The SMILES string of the molecule is O=C(CC1CC1)NCCC1CN(C2CCCC2)Cc2ccnn2C1.O=C(O)C(F)(F)F. The zero-order valence-electron chi connectivity index (χ0n) is 17.6. The van der Waals surface area contributed by atoms with E-state index in [1.807, 2.05) is 6.20 Å². The predicted octanol–water partition coefficient (Wildman–Crippen LogP) is 3.20. The third-order valence-electron chi connectivity index (χ3n) is 6.22. The highest BCUT2D eigenvalue weighted by molar-refractivity contribution is 5.76. The molecule has 7 nitrogen and oxygen atoms in total. The van der Waals surface area contributed by atoms with Crippen LogP contribution in [-0.4, -0.2) is 57.0 Å². The first-order chi connectivity index (χ1) is 14.7. The fourth-order valence-corrected chi connectivity index (χ4v) is 4.37. The normalized spacial score (nSPS) is 22.2. The Balaban J connectivity index is 0.000000339. The van der Waals surface area contributed by atoms with Crippen molar-refractivity contribution in [3.63, 3.8) is 0 Å². The highest BCUT2D eigenvalue weighted by Crippen LogP contribution is 2.32. The number of carboxylic acids is 1. The van der Waals surface area contributed by atoms with Crippen LogP contribution in [-0.2, 0) is 22.7 Å². The van der Waals surface area contributed by atoms with Gasteiger partial charge >= 0.3 is 12.1 Å². The molecule has 1 aliphatic heterocycles.